The van der Waals surface area contributed by atoms with Crippen LogP contribution in [0.1, 0.15) is 113 Å². The third-order valence-corrected chi connectivity index (χ3v) is 11.3. The van der Waals surface area contributed by atoms with Crippen molar-refractivity contribution in [3.05, 3.63) is 0 Å². The molecule has 0 N–H and O–H groups in total. The second kappa shape index (κ2) is 7.98. The summed E-state index contributed by atoms with van der Waals surface area (Å²) in [4.78, 5) is 25.5. The van der Waals surface area contributed by atoms with Gasteiger partial charge in [-0.25, -0.2) is 0 Å². The highest BCUT2D eigenvalue weighted by atomic mass is 16.2. The topological polar surface area (TPSA) is 34.1 Å². The molecular weight excluding hydrogens is 380 g/mol. The lowest BCUT2D eigenvalue weighted by atomic mass is 9.41. The molecule has 4 aliphatic rings. The quantitative estimate of drug-likeness (QED) is 0.425. The van der Waals surface area contributed by atoms with Gasteiger partial charge in [-0.1, -0.05) is 67.7 Å². The van der Waals surface area contributed by atoms with Crippen LogP contribution in [-0.2, 0) is 9.59 Å². The molecule has 31 heavy (non-hydrogen) atoms. The average Bonchev–Trinajstić information content (AvgIpc) is 3.03. The van der Waals surface area contributed by atoms with Crippen LogP contribution in [0.4, 0.5) is 0 Å². The molecular formula is C29H48O2. The van der Waals surface area contributed by atoms with Crippen LogP contribution in [0.5, 0.6) is 0 Å². The van der Waals surface area contributed by atoms with Crippen LogP contribution in [0, 0.1) is 57.7 Å². The zero-order valence-corrected chi connectivity index (χ0v) is 21.4. The average molecular weight is 429 g/mol. The maximum atomic E-state index is 12.8. The number of Topliss-reactive ketones (excluding diaryl/α,β-unsaturated/α-hetero) is 2. The molecule has 0 aromatic rings. The second-order valence-corrected chi connectivity index (χ2v) is 13.7. The SMILES string of the molecule is CC(C)CCC[C@@H](C)[C@H]1CC[C@H]2[C@@H]3CCC4C(C)(C)C(=O)C(=O)C[C@]4(C)[C@H]3CC[C@]12C. The summed E-state index contributed by atoms with van der Waals surface area (Å²) in [7, 11) is 0. The Balaban J connectivity index is 1.53. The van der Waals surface area contributed by atoms with Gasteiger partial charge in [-0.3, -0.25) is 9.59 Å². The van der Waals surface area contributed by atoms with Crippen LogP contribution in [0.25, 0.3) is 0 Å². The van der Waals surface area contributed by atoms with Crippen LogP contribution in [0.2, 0.25) is 0 Å². The molecule has 0 bridgehead atoms. The number of carbonyl (C=O) groups excluding carboxylic acids is 2. The van der Waals surface area contributed by atoms with Gasteiger partial charge in [-0.05, 0) is 90.8 Å². The van der Waals surface area contributed by atoms with E-state index in [2.05, 4.69) is 48.5 Å². The first-order valence-corrected chi connectivity index (χ1v) is 13.5. The third-order valence-electron chi connectivity index (χ3n) is 11.3. The lowest BCUT2D eigenvalue weighted by molar-refractivity contribution is -0.172. The summed E-state index contributed by atoms with van der Waals surface area (Å²) >= 11 is 0. The minimum Gasteiger partial charge on any atom is -0.291 e. The maximum absolute atomic E-state index is 12.8. The van der Waals surface area contributed by atoms with E-state index in [1.54, 1.807) is 0 Å². The van der Waals surface area contributed by atoms with Crippen LogP contribution in [0.15, 0.2) is 0 Å². The van der Waals surface area contributed by atoms with Crippen LogP contribution < -0.4 is 0 Å². The van der Waals surface area contributed by atoms with E-state index in [1.165, 1.54) is 51.4 Å². The number of fused-ring (bicyclic) bond motifs is 5. The smallest absolute Gasteiger partial charge is 0.204 e. The van der Waals surface area contributed by atoms with Gasteiger partial charge in [-0.15, -0.1) is 0 Å². The van der Waals surface area contributed by atoms with Crippen molar-refractivity contribution in [1.82, 2.24) is 0 Å². The minimum atomic E-state index is -0.473. The highest BCUT2D eigenvalue weighted by Gasteiger charge is 2.64. The van der Waals surface area contributed by atoms with E-state index >= 15 is 0 Å². The molecule has 4 fully saturated rings. The molecule has 0 spiro atoms. The Morgan fingerprint density at radius 1 is 0.839 bits per heavy atom. The minimum absolute atomic E-state index is 0.0275. The predicted molar refractivity (Wildman–Crippen MR) is 128 cm³/mol. The first-order chi connectivity index (χ1) is 14.4. The van der Waals surface area contributed by atoms with Gasteiger partial charge in [0.15, 0.2) is 5.78 Å². The summed E-state index contributed by atoms with van der Waals surface area (Å²) in [5.74, 6) is 4.97. The Morgan fingerprint density at radius 2 is 1.52 bits per heavy atom. The molecule has 2 nitrogen and oxygen atoms in total. The van der Waals surface area contributed by atoms with Gasteiger partial charge >= 0.3 is 0 Å². The predicted octanol–water partition coefficient (Wildman–Crippen LogP) is 7.49. The van der Waals surface area contributed by atoms with E-state index in [4.69, 9.17) is 0 Å². The van der Waals surface area contributed by atoms with Crippen LogP contribution in [-0.4, -0.2) is 11.6 Å². The second-order valence-electron chi connectivity index (χ2n) is 13.7. The highest BCUT2D eigenvalue weighted by Crippen LogP contribution is 2.69. The Bertz CT molecular complexity index is 720. The fourth-order valence-corrected chi connectivity index (χ4v) is 9.86. The van der Waals surface area contributed by atoms with E-state index in [1.807, 2.05) is 0 Å². The first kappa shape index (κ1) is 23.5. The van der Waals surface area contributed by atoms with Crippen molar-refractivity contribution >= 4 is 11.6 Å². The first-order valence-electron chi connectivity index (χ1n) is 13.5. The van der Waals surface area contributed by atoms with Gasteiger partial charge in [0.05, 0.1) is 0 Å². The lowest BCUT2D eigenvalue weighted by Crippen LogP contribution is -2.60. The van der Waals surface area contributed by atoms with E-state index in [0.29, 0.717) is 23.7 Å². The number of ketones is 2. The van der Waals surface area contributed by atoms with Crippen LogP contribution >= 0.6 is 0 Å². The number of rotatable bonds is 5. The molecule has 0 heterocycles. The van der Waals surface area contributed by atoms with E-state index in [0.717, 1.165) is 36.0 Å². The fraction of sp³-hybridized carbons (Fsp3) is 0.931. The summed E-state index contributed by atoms with van der Waals surface area (Å²) in [5, 5.41) is 0. The summed E-state index contributed by atoms with van der Waals surface area (Å²) in [6, 6.07) is 0. The molecule has 4 saturated carbocycles. The zero-order chi connectivity index (χ0) is 22.8. The summed E-state index contributed by atoms with van der Waals surface area (Å²) in [6.07, 6.45) is 12.5. The van der Waals surface area contributed by atoms with E-state index in [-0.39, 0.29) is 17.0 Å². The summed E-state index contributed by atoms with van der Waals surface area (Å²) < 4.78 is 0. The van der Waals surface area contributed by atoms with Crippen molar-refractivity contribution in [3.63, 3.8) is 0 Å². The van der Waals surface area contributed by atoms with Crippen LogP contribution in [0.3, 0.4) is 0 Å². The van der Waals surface area contributed by atoms with Crippen molar-refractivity contribution in [2.45, 2.75) is 113 Å². The molecule has 1 unspecified atom stereocenters. The van der Waals surface area contributed by atoms with Gasteiger partial charge in [0.2, 0.25) is 5.78 Å². The van der Waals surface area contributed by atoms with Gasteiger partial charge in [0, 0.05) is 11.8 Å². The molecule has 8 atom stereocenters. The molecule has 0 amide bonds. The molecule has 4 rings (SSSR count). The van der Waals surface area contributed by atoms with Gasteiger partial charge in [0.25, 0.3) is 0 Å². The zero-order valence-electron chi connectivity index (χ0n) is 21.4. The standard InChI is InChI=1S/C29H48O2/c1-18(2)9-8-10-19(3)21-12-13-22-20-11-14-25-27(4,5)26(31)24(30)17-29(25,7)23(20)15-16-28(21,22)6/h18-23,25H,8-17H2,1-7H3/t19-,20+,21-,22+,23+,25?,28-,29-/m1/s1. The van der Waals surface area contributed by atoms with Gasteiger partial charge in [0.1, 0.15) is 0 Å². The van der Waals surface area contributed by atoms with Gasteiger partial charge in [-0.2, -0.15) is 0 Å². The summed E-state index contributed by atoms with van der Waals surface area (Å²) in [6.45, 7) is 16.4. The molecule has 0 aromatic heterocycles. The Morgan fingerprint density at radius 3 is 2.19 bits per heavy atom. The normalized spacial score (nSPS) is 45.2. The van der Waals surface area contributed by atoms with Crippen molar-refractivity contribution in [2.75, 3.05) is 0 Å². The fourth-order valence-electron chi connectivity index (χ4n) is 9.86. The van der Waals surface area contributed by atoms with E-state index < -0.39 is 5.41 Å². The molecule has 176 valence electrons. The maximum Gasteiger partial charge on any atom is 0.204 e. The Labute approximate surface area is 191 Å². The third kappa shape index (κ3) is 3.57. The number of carbonyl (C=O) groups is 2. The number of hydrogen-bond acceptors (Lipinski definition) is 2. The molecule has 0 aliphatic heterocycles. The highest BCUT2D eigenvalue weighted by molar-refractivity contribution is 6.39. The van der Waals surface area contributed by atoms with Crippen molar-refractivity contribution < 1.29 is 9.59 Å². The monoisotopic (exact) mass is 428 g/mol. The Hall–Kier alpha value is -0.660. The molecule has 2 heteroatoms. The van der Waals surface area contributed by atoms with E-state index in [9.17, 15) is 9.59 Å². The van der Waals surface area contributed by atoms with Gasteiger partial charge < -0.3 is 0 Å². The molecule has 4 aliphatic carbocycles. The molecule has 0 radical (unpaired) electrons. The number of hydrogen-bond donors (Lipinski definition) is 0. The van der Waals surface area contributed by atoms with Crippen molar-refractivity contribution in [2.24, 2.45) is 57.7 Å². The molecule has 0 aromatic carbocycles. The lowest BCUT2D eigenvalue weighted by Gasteiger charge is -2.63. The summed E-state index contributed by atoms with van der Waals surface area (Å²) in [5.41, 5.74) is 0.0459. The molecule has 0 saturated heterocycles. The van der Waals surface area contributed by atoms with Crippen molar-refractivity contribution in [3.8, 4) is 0 Å². The van der Waals surface area contributed by atoms with Crippen molar-refractivity contribution in [1.29, 1.82) is 0 Å². The largest absolute Gasteiger partial charge is 0.291 e. The Kier molecular flexibility index (Phi) is 6.05.